The average Bonchev–Trinajstić information content (AvgIpc) is 2.65. The van der Waals surface area contributed by atoms with Crippen molar-refractivity contribution in [3.05, 3.63) is 66.0 Å². The molecule has 1 amide bonds. The van der Waals surface area contributed by atoms with Gasteiger partial charge in [-0.1, -0.05) is 37.3 Å². The van der Waals surface area contributed by atoms with E-state index in [1.165, 1.54) is 6.20 Å². The lowest BCUT2D eigenvalue weighted by Crippen LogP contribution is -2.29. The lowest BCUT2D eigenvalue weighted by Gasteiger charge is -2.19. The molecule has 0 saturated heterocycles. The summed E-state index contributed by atoms with van der Waals surface area (Å²) in [5.41, 5.74) is 2.73. The van der Waals surface area contributed by atoms with E-state index in [9.17, 15) is 4.79 Å². The Kier molecular flexibility index (Phi) is 4.70. The van der Waals surface area contributed by atoms with E-state index < -0.39 is 0 Å². The molecule has 24 heavy (non-hydrogen) atoms. The van der Waals surface area contributed by atoms with E-state index in [0.717, 1.165) is 23.3 Å². The van der Waals surface area contributed by atoms with Crippen LogP contribution in [0.3, 0.4) is 0 Å². The smallest absolute Gasteiger partial charge is 0.271 e. The lowest BCUT2D eigenvalue weighted by molar-refractivity contribution is 0.0930. The molecule has 0 radical (unpaired) electrons. The Bertz CT molecular complexity index is 864. The van der Waals surface area contributed by atoms with Crippen LogP contribution in [0.1, 0.15) is 35.4 Å². The second kappa shape index (κ2) is 7.08. The fourth-order valence-corrected chi connectivity index (χ4v) is 2.65. The van der Waals surface area contributed by atoms with Gasteiger partial charge >= 0.3 is 0 Å². The molecular weight excluding hydrogens is 302 g/mol. The number of rotatable bonds is 5. The molecule has 0 aliphatic rings. The third-order valence-electron chi connectivity index (χ3n) is 3.91. The summed E-state index contributed by atoms with van der Waals surface area (Å²) in [6.45, 7) is 2.02. The molecule has 5 nitrogen and oxygen atoms in total. The number of aromatic nitrogens is 2. The number of methoxy groups -OCH3 is 1. The van der Waals surface area contributed by atoms with Crippen LogP contribution in [0.4, 0.5) is 0 Å². The monoisotopic (exact) mass is 321 g/mol. The molecule has 122 valence electrons. The second-order valence-electron chi connectivity index (χ2n) is 5.42. The first-order chi connectivity index (χ1) is 11.7. The maximum atomic E-state index is 12.6. The van der Waals surface area contributed by atoms with Gasteiger partial charge in [0.2, 0.25) is 0 Å². The number of amides is 1. The summed E-state index contributed by atoms with van der Waals surface area (Å²) in [5, 5.41) is 3.02. The molecule has 0 spiro atoms. The third kappa shape index (κ3) is 3.20. The predicted molar refractivity (Wildman–Crippen MR) is 93.0 cm³/mol. The summed E-state index contributed by atoms with van der Waals surface area (Å²) >= 11 is 0. The zero-order valence-electron chi connectivity index (χ0n) is 13.7. The minimum Gasteiger partial charge on any atom is -0.496 e. The third-order valence-corrected chi connectivity index (χ3v) is 3.91. The van der Waals surface area contributed by atoms with Crippen LogP contribution in [0, 0.1) is 0 Å². The van der Waals surface area contributed by atoms with Gasteiger partial charge in [-0.05, 0) is 24.6 Å². The highest BCUT2D eigenvalue weighted by molar-refractivity contribution is 5.94. The summed E-state index contributed by atoms with van der Waals surface area (Å²) in [4.78, 5) is 21.3. The number of hydrogen-bond acceptors (Lipinski definition) is 4. The number of hydrogen-bond donors (Lipinski definition) is 1. The molecule has 1 aromatic heterocycles. The van der Waals surface area contributed by atoms with Crippen LogP contribution in [-0.2, 0) is 0 Å². The number of nitrogens with zero attached hydrogens (tertiary/aromatic N) is 2. The van der Waals surface area contributed by atoms with Gasteiger partial charge in [-0.15, -0.1) is 0 Å². The van der Waals surface area contributed by atoms with E-state index >= 15 is 0 Å². The molecule has 0 aliphatic carbocycles. The van der Waals surface area contributed by atoms with Crippen molar-refractivity contribution < 1.29 is 9.53 Å². The number of para-hydroxylation sites is 3. The fourth-order valence-electron chi connectivity index (χ4n) is 2.65. The molecule has 0 saturated carbocycles. The van der Waals surface area contributed by atoms with Crippen LogP contribution < -0.4 is 10.1 Å². The predicted octanol–water partition coefficient (Wildman–Crippen LogP) is 3.52. The van der Waals surface area contributed by atoms with Crippen molar-refractivity contribution in [3.63, 3.8) is 0 Å². The van der Waals surface area contributed by atoms with Gasteiger partial charge < -0.3 is 10.1 Å². The summed E-state index contributed by atoms with van der Waals surface area (Å²) in [6, 6.07) is 15.0. The van der Waals surface area contributed by atoms with Crippen molar-refractivity contribution in [2.45, 2.75) is 19.4 Å². The Hall–Kier alpha value is -2.95. The molecule has 5 heteroatoms. The van der Waals surface area contributed by atoms with Crippen LogP contribution in [0.2, 0.25) is 0 Å². The molecule has 1 unspecified atom stereocenters. The first kappa shape index (κ1) is 15.9. The van der Waals surface area contributed by atoms with Gasteiger partial charge in [0.1, 0.15) is 11.4 Å². The molecule has 3 rings (SSSR count). The van der Waals surface area contributed by atoms with E-state index in [2.05, 4.69) is 15.3 Å². The maximum Gasteiger partial charge on any atom is 0.271 e. The number of carbonyl (C=O) groups is 1. The maximum absolute atomic E-state index is 12.6. The zero-order valence-corrected chi connectivity index (χ0v) is 13.7. The van der Waals surface area contributed by atoms with Crippen molar-refractivity contribution in [2.75, 3.05) is 7.11 Å². The highest BCUT2D eigenvalue weighted by Crippen LogP contribution is 2.27. The standard InChI is InChI=1S/C19H19N3O2/c1-3-14(13-8-4-7-11-18(13)24-2)22-19(23)17-12-20-15-9-5-6-10-16(15)21-17/h4-12,14H,3H2,1-2H3,(H,22,23). The van der Waals surface area contributed by atoms with Gasteiger partial charge in [-0.3, -0.25) is 9.78 Å². The van der Waals surface area contributed by atoms with E-state index in [-0.39, 0.29) is 11.9 Å². The molecule has 0 aliphatic heterocycles. The summed E-state index contributed by atoms with van der Waals surface area (Å²) in [5.74, 6) is 0.514. The highest BCUT2D eigenvalue weighted by atomic mass is 16.5. The van der Waals surface area contributed by atoms with Crippen molar-refractivity contribution >= 4 is 16.9 Å². The SMILES string of the molecule is CCC(NC(=O)c1cnc2ccccc2n1)c1ccccc1OC. The summed E-state index contributed by atoms with van der Waals surface area (Å²) in [6.07, 6.45) is 2.25. The van der Waals surface area contributed by atoms with E-state index in [4.69, 9.17) is 4.74 Å². The van der Waals surface area contributed by atoms with Gasteiger partial charge in [0.15, 0.2) is 0 Å². The van der Waals surface area contributed by atoms with Crippen molar-refractivity contribution in [3.8, 4) is 5.75 Å². The first-order valence-electron chi connectivity index (χ1n) is 7.88. The number of carbonyl (C=O) groups excluding carboxylic acids is 1. The molecule has 2 aromatic carbocycles. The van der Waals surface area contributed by atoms with Crippen molar-refractivity contribution in [2.24, 2.45) is 0 Å². The summed E-state index contributed by atoms with van der Waals surface area (Å²) < 4.78 is 5.39. The second-order valence-corrected chi connectivity index (χ2v) is 5.42. The highest BCUT2D eigenvalue weighted by Gasteiger charge is 2.18. The molecule has 0 fully saturated rings. The van der Waals surface area contributed by atoms with Gasteiger partial charge in [0, 0.05) is 5.56 Å². The topological polar surface area (TPSA) is 64.1 Å². The van der Waals surface area contributed by atoms with Crippen LogP contribution in [0.25, 0.3) is 11.0 Å². The average molecular weight is 321 g/mol. The van der Waals surface area contributed by atoms with Gasteiger partial charge in [-0.2, -0.15) is 0 Å². The normalized spacial score (nSPS) is 11.9. The van der Waals surface area contributed by atoms with Gasteiger partial charge in [-0.25, -0.2) is 4.98 Å². The van der Waals surface area contributed by atoms with Crippen LogP contribution in [-0.4, -0.2) is 23.0 Å². The van der Waals surface area contributed by atoms with E-state index in [1.807, 2.05) is 55.5 Å². The quantitative estimate of drug-likeness (QED) is 0.781. The van der Waals surface area contributed by atoms with Crippen LogP contribution >= 0.6 is 0 Å². The molecule has 1 heterocycles. The Morgan fingerprint density at radius 2 is 1.83 bits per heavy atom. The van der Waals surface area contributed by atoms with Crippen LogP contribution in [0.15, 0.2) is 54.7 Å². The van der Waals surface area contributed by atoms with E-state index in [0.29, 0.717) is 11.2 Å². The Morgan fingerprint density at radius 1 is 1.12 bits per heavy atom. The molecule has 1 atom stereocenters. The minimum absolute atomic E-state index is 0.151. The first-order valence-corrected chi connectivity index (χ1v) is 7.88. The van der Waals surface area contributed by atoms with Gasteiger partial charge in [0.05, 0.1) is 30.4 Å². The van der Waals surface area contributed by atoms with Crippen LogP contribution in [0.5, 0.6) is 5.75 Å². The lowest BCUT2D eigenvalue weighted by atomic mass is 10.0. The minimum atomic E-state index is -0.244. The van der Waals surface area contributed by atoms with E-state index in [1.54, 1.807) is 7.11 Å². The molecule has 1 N–H and O–H groups in total. The summed E-state index contributed by atoms with van der Waals surface area (Å²) in [7, 11) is 1.63. The Balaban J connectivity index is 1.85. The Labute approximate surface area is 140 Å². The number of fused-ring (bicyclic) bond motifs is 1. The molecule has 3 aromatic rings. The zero-order chi connectivity index (χ0) is 16.9. The molecular formula is C19H19N3O2. The number of nitrogens with one attached hydrogen (secondary N) is 1. The number of benzene rings is 2. The van der Waals surface area contributed by atoms with Gasteiger partial charge in [0.25, 0.3) is 5.91 Å². The molecule has 0 bridgehead atoms. The number of ether oxygens (including phenoxy) is 1. The fraction of sp³-hybridized carbons (Fsp3) is 0.211. The largest absolute Gasteiger partial charge is 0.496 e. The van der Waals surface area contributed by atoms with Crippen molar-refractivity contribution in [1.29, 1.82) is 0 Å². The van der Waals surface area contributed by atoms with Crippen molar-refractivity contribution in [1.82, 2.24) is 15.3 Å². The Morgan fingerprint density at radius 3 is 2.58 bits per heavy atom.